The van der Waals surface area contributed by atoms with Gasteiger partial charge in [0.1, 0.15) is 11.5 Å². The van der Waals surface area contributed by atoms with Gasteiger partial charge in [0, 0.05) is 36.4 Å². The first-order valence-electron chi connectivity index (χ1n) is 12.9. The molecule has 8 nitrogen and oxygen atoms in total. The number of methoxy groups -OCH3 is 1. The predicted molar refractivity (Wildman–Crippen MR) is 147 cm³/mol. The molecule has 0 saturated carbocycles. The van der Waals surface area contributed by atoms with Gasteiger partial charge in [-0.1, -0.05) is 24.4 Å². The quantitative estimate of drug-likeness (QED) is 0.415. The fourth-order valence-electron chi connectivity index (χ4n) is 4.88. The largest absolute Gasteiger partial charge is 0.493 e. The molecular weight excluding hydrogens is 509 g/mol. The van der Waals surface area contributed by atoms with E-state index in [-0.39, 0.29) is 16.6 Å². The SMILES string of the molecule is COc1cnc2nc1-c1cc(F)c(c(Cl)c1)NC(=O)CCCCCCc1cc(ccc1N1CCOCC1)N2. The molecule has 2 aromatic carbocycles. The number of benzene rings is 2. The molecule has 1 amide bonds. The van der Waals surface area contributed by atoms with Crippen LogP contribution < -0.4 is 20.3 Å². The third kappa shape index (κ3) is 6.00. The summed E-state index contributed by atoms with van der Waals surface area (Å²) in [7, 11) is 1.50. The van der Waals surface area contributed by atoms with Crippen LogP contribution in [-0.4, -0.2) is 49.3 Å². The standard InChI is InChI=1S/C28H31ClFN5O3/c1-37-24-17-31-28-32-20-8-9-23(35-10-12-38-13-11-35)18(14-20)6-4-2-3-5-7-25(36)33-27-21(29)15-19(16-22(27)30)26(24)34-28/h8-9,14-17H,2-7,10-13H2,1H3,(H,33,36)(H,31,32,34). The first-order valence-corrected chi connectivity index (χ1v) is 13.3. The van der Waals surface area contributed by atoms with Crippen molar-refractivity contribution in [3.05, 3.63) is 52.9 Å². The second-order valence-corrected chi connectivity index (χ2v) is 9.86. The van der Waals surface area contributed by atoms with Crippen LogP contribution in [0, 0.1) is 5.82 Å². The van der Waals surface area contributed by atoms with Crippen molar-refractivity contribution in [3.63, 3.8) is 0 Å². The van der Waals surface area contributed by atoms with Gasteiger partial charge in [-0.15, -0.1) is 0 Å². The highest BCUT2D eigenvalue weighted by atomic mass is 35.5. The molecule has 10 heteroatoms. The number of ether oxygens (including phenoxy) is 2. The molecule has 200 valence electrons. The lowest BCUT2D eigenvalue weighted by Gasteiger charge is -2.31. The molecule has 6 rings (SSSR count). The molecule has 1 fully saturated rings. The number of fused-ring (bicyclic) bond motifs is 9. The van der Waals surface area contributed by atoms with Gasteiger partial charge in [0.15, 0.2) is 5.75 Å². The minimum Gasteiger partial charge on any atom is -0.493 e. The van der Waals surface area contributed by atoms with Gasteiger partial charge in [0.2, 0.25) is 11.9 Å². The van der Waals surface area contributed by atoms with E-state index in [4.69, 9.17) is 21.1 Å². The first kappa shape index (κ1) is 26.2. The van der Waals surface area contributed by atoms with Gasteiger partial charge in [-0.2, -0.15) is 0 Å². The maximum atomic E-state index is 15.1. The normalized spacial score (nSPS) is 16.6. The number of rotatable bonds is 2. The molecule has 3 aromatic rings. The fourth-order valence-corrected chi connectivity index (χ4v) is 5.13. The summed E-state index contributed by atoms with van der Waals surface area (Å²) in [6, 6.07) is 9.16. The molecular formula is C28H31ClFN5O3. The van der Waals surface area contributed by atoms with E-state index in [0.29, 0.717) is 29.4 Å². The monoisotopic (exact) mass is 539 g/mol. The lowest BCUT2D eigenvalue weighted by molar-refractivity contribution is -0.116. The van der Waals surface area contributed by atoms with Crippen LogP contribution in [0.5, 0.6) is 5.75 Å². The Morgan fingerprint density at radius 1 is 1.05 bits per heavy atom. The summed E-state index contributed by atoms with van der Waals surface area (Å²) in [5, 5.41) is 6.02. The second kappa shape index (κ2) is 12.0. The van der Waals surface area contributed by atoms with Crippen LogP contribution in [0.4, 0.5) is 27.4 Å². The number of halogens is 2. The van der Waals surface area contributed by atoms with E-state index in [1.165, 1.54) is 30.6 Å². The van der Waals surface area contributed by atoms with E-state index in [9.17, 15) is 4.79 Å². The van der Waals surface area contributed by atoms with Gasteiger partial charge in [0.25, 0.3) is 0 Å². The van der Waals surface area contributed by atoms with E-state index in [2.05, 4.69) is 37.6 Å². The van der Waals surface area contributed by atoms with Crippen molar-refractivity contribution in [2.75, 3.05) is 48.9 Å². The van der Waals surface area contributed by atoms with Crippen molar-refractivity contribution in [1.29, 1.82) is 0 Å². The van der Waals surface area contributed by atoms with Crippen LogP contribution in [0.25, 0.3) is 11.3 Å². The topological polar surface area (TPSA) is 88.6 Å². The first-order chi connectivity index (χ1) is 18.5. The van der Waals surface area contributed by atoms with Gasteiger partial charge < -0.3 is 25.0 Å². The zero-order valence-electron chi connectivity index (χ0n) is 21.4. The fraction of sp³-hybridized carbons (Fsp3) is 0.393. The molecule has 0 atom stereocenters. The molecule has 1 saturated heterocycles. The summed E-state index contributed by atoms with van der Waals surface area (Å²) in [5.41, 5.74) is 4.08. The molecule has 3 aliphatic rings. The zero-order valence-corrected chi connectivity index (χ0v) is 22.1. The Morgan fingerprint density at radius 2 is 1.84 bits per heavy atom. The molecule has 0 radical (unpaired) electrons. The molecule has 4 heterocycles. The highest BCUT2D eigenvalue weighted by Crippen LogP contribution is 2.36. The van der Waals surface area contributed by atoms with Crippen molar-refractivity contribution in [1.82, 2.24) is 9.97 Å². The number of morpholine rings is 1. The predicted octanol–water partition coefficient (Wildman–Crippen LogP) is 5.97. The van der Waals surface area contributed by atoms with Crippen LogP contribution in [0.3, 0.4) is 0 Å². The molecule has 0 unspecified atom stereocenters. The number of aromatic nitrogens is 2. The Balaban J connectivity index is 1.53. The van der Waals surface area contributed by atoms with E-state index >= 15 is 4.39 Å². The van der Waals surface area contributed by atoms with Gasteiger partial charge in [-0.05, 0) is 55.2 Å². The number of nitrogens with one attached hydrogen (secondary N) is 2. The molecule has 0 aliphatic carbocycles. The van der Waals surface area contributed by atoms with Crippen molar-refractivity contribution < 1.29 is 18.7 Å². The average Bonchev–Trinajstić information content (AvgIpc) is 2.92. The van der Waals surface area contributed by atoms with Crippen LogP contribution in [0.2, 0.25) is 5.02 Å². The van der Waals surface area contributed by atoms with Gasteiger partial charge in [-0.3, -0.25) is 4.79 Å². The third-order valence-corrected chi connectivity index (χ3v) is 7.14. The minimum absolute atomic E-state index is 0.0311. The maximum absolute atomic E-state index is 15.1. The summed E-state index contributed by atoms with van der Waals surface area (Å²) in [6.07, 6.45) is 6.37. The summed E-state index contributed by atoms with van der Waals surface area (Å²) in [5.74, 6) is -0.183. The number of anilines is 4. The molecule has 0 spiro atoms. The molecule has 2 N–H and O–H groups in total. The van der Waals surface area contributed by atoms with Crippen molar-refractivity contribution in [3.8, 4) is 17.0 Å². The van der Waals surface area contributed by atoms with Gasteiger partial charge >= 0.3 is 0 Å². The highest BCUT2D eigenvalue weighted by Gasteiger charge is 2.19. The Labute approximate surface area is 226 Å². The number of carbonyl (C=O) groups is 1. The second-order valence-electron chi connectivity index (χ2n) is 9.46. The Hall–Kier alpha value is -3.43. The average molecular weight is 540 g/mol. The smallest absolute Gasteiger partial charge is 0.227 e. The molecule has 38 heavy (non-hydrogen) atoms. The number of hydrogen-bond acceptors (Lipinski definition) is 7. The molecule has 6 bridgehead atoms. The number of aryl methyl sites for hydroxylation is 1. The van der Waals surface area contributed by atoms with Crippen LogP contribution in [0.15, 0.2) is 36.5 Å². The maximum Gasteiger partial charge on any atom is 0.227 e. The lowest BCUT2D eigenvalue weighted by Crippen LogP contribution is -2.36. The van der Waals surface area contributed by atoms with Crippen molar-refractivity contribution >= 4 is 40.5 Å². The van der Waals surface area contributed by atoms with Gasteiger partial charge in [0.05, 0.1) is 37.2 Å². The summed E-state index contributed by atoms with van der Waals surface area (Å²) < 4.78 is 26.1. The van der Waals surface area contributed by atoms with E-state index in [1.54, 1.807) is 6.07 Å². The highest BCUT2D eigenvalue weighted by molar-refractivity contribution is 6.34. The summed E-state index contributed by atoms with van der Waals surface area (Å²) >= 11 is 6.40. The minimum atomic E-state index is -0.641. The van der Waals surface area contributed by atoms with Crippen molar-refractivity contribution in [2.24, 2.45) is 0 Å². The summed E-state index contributed by atoms with van der Waals surface area (Å²) in [4.78, 5) is 23.9. The number of nitrogens with zero attached hydrogens (tertiary/aromatic N) is 3. The van der Waals surface area contributed by atoms with Crippen LogP contribution in [0.1, 0.15) is 37.7 Å². The van der Waals surface area contributed by atoms with Crippen molar-refractivity contribution in [2.45, 2.75) is 38.5 Å². The van der Waals surface area contributed by atoms with Crippen LogP contribution >= 0.6 is 11.6 Å². The van der Waals surface area contributed by atoms with Gasteiger partial charge in [-0.25, -0.2) is 14.4 Å². The number of carbonyl (C=O) groups excluding carboxylic acids is 1. The van der Waals surface area contributed by atoms with E-state index in [1.807, 2.05) is 6.07 Å². The Morgan fingerprint density at radius 3 is 2.61 bits per heavy atom. The van der Waals surface area contributed by atoms with Crippen LogP contribution in [-0.2, 0) is 16.0 Å². The lowest BCUT2D eigenvalue weighted by atomic mass is 10.0. The number of hydrogen-bond donors (Lipinski definition) is 2. The zero-order chi connectivity index (χ0) is 26.5. The molecule has 1 aromatic heterocycles. The third-order valence-electron chi connectivity index (χ3n) is 6.84. The number of amides is 1. The van der Waals surface area contributed by atoms with E-state index < -0.39 is 5.82 Å². The summed E-state index contributed by atoms with van der Waals surface area (Å²) in [6.45, 7) is 3.15. The van der Waals surface area contributed by atoms with E-state index in [0.717, 1.165) is 64.1 Å². The Kier molecular flexibility index (Phi) is 8.24. The Bertz CT molecular complexity index is 1290. The molecule has 3 aliphatic heterocycles.